The summed E-state index contributed by atoms with van der Waals surface area (Å²) in [5.74, 6) is 0.137. The first-order valence-corrected chi connectivity index (χ1v) is 4.98. The number of hydrogen-bond donors (Lipinski definition) is 4. The van der Waals surface area contributed by atoms with Crippen LogP contribution >= 0.6 is 0 Å². The monoisotopic (exact) mass is 211 g/mol. The Hall–Kier alpha value is -1.26. The van der Waals surface area contributed by atoms with Crippen molar-refractivity contribution in [1.82, 2.24) is 5.32 Å². The van der Waals surface area contributed by atoms with Crippen molar-refractivity contribution in [1.29, 1.82) is 0 Å². The molecule has 0 heterocycles. The third kappa shape index (κ3) is 3.77. The summed E-state index contributed by atoms with van der Waals surface area (Å²) >= 11 is 0. The van der Waals surface area contributed by atoms with Gasteiger partial charge in [0.05, 0.1) is 0 Å². The standard InChI is InChI=1S/C11H17NO3/c1-8(4-5-13)12-7-9-2-3-10(14)6-11(9)15/h2-3,6,8,12-15H,4-5,7H2,1H3/t8-/m1/s1. The second kappa shape index (κ2) is 5.58. The SMILES string of the molecule is C[C@H](CCO)NCc1ccc(O)cc1O. The van der Waals surface area contributed by atoms with Crippen molar-refractivity contribution >= 4 is 0 Å². The summed E-state index contributed by atoms with van der Waals surface area (Å²) in [6, 6.07) is 4.72. The largest absolute Gasteiger partial charge is 0.508 e. The molecule has 0 bridgehead atoms. The molecule has 1 aromatic carbocycles. The molecular formula is C11H17NO3. The van der Waals surface area contributed by atoms with Gasteiger partial charge in [0, 0.05) is 30.8 Å². The number of phenols is 2. The molecule has 15 heavy (non-hydrogen) atoms. The van der Waals surface area contributed by atoms with Gasteiger partial charge in [-0.05, 0) is 19.4 Å². The Bertz CT molecular complexity index is 315. The van der Waals surface area contributed by atoms with Crippen molar-refractivity contribution in [3.63, 3.8) is 0 Å². The first-order valence-electron chi connectivity index (χ1n) is 4.98. The van der Waals surface area contributed by atoms with Crippen LogP contribution in [0.15, 0.2) is 18.2 Å². The number of nitrogens with one attached hydrogen (secondary N) is 1. The molecular weight excluding hydrogens is 194 g/mol. The molecule has 0 saturated heterocycles. The van der Waals surface area contributed by atoms with E-state index in [1.165, 1.54) is 12.1 Å². The number of aliphatic hydroxyl groups excluding tert-OH is 1. The van der Waals surface area contributed by atoms with E-state index in [0.717, 1.165) is 5.56 Å². The fraction of sp³-hybridized carbons (Fsp3) is 0.455. The van der Waals surface area contributed by atoms with Gasteiger partial charge in [-0.2, -0.15) is 0 Å². The zero-order valence-electron chi connectivity index (χ0n) is 8.77. The highest BCUT2D eigenvalue weighted by Crippen LogP contribution is 2.22. The van der Waals surface area contributed by atoms with Crippen LogP contribution in [0.3, 0.4) is 0 Å². The number of phenolic OH excluding ortho intramolecular Hbond substituents is 2. The van der Waals surface area contributed by atoms with Gasteiger partial charge in [0.15, 0.2) is 0 Å². The van der Waals surface area contributed by atoms with Gasteiger partial charge in [-0.1, -0.05) is 6.07 Å². The van der Waals surface area contributed by atoms with Crippen LogP contribution in [-0.4, -0.2) is 28.0 Å². The molecule has 0 fully saturated rings. The summed E-state index contributed by atoms with van der Waals surface area (Å²) in [7, 11) is 0. The van der Waals surface area contributed by atoms with Crippen molar-refractivity contribution in [3.05, 3.63) is 23.8 Å². The minimum Gasteiger partial charge on any atom is -0.508 e. The van der Waals surface area contributed by atoms with Crippen molar-refractivity contribution in [2.24, 2.45) is 0 Å². The molecule has 0 unspecified atom stereocenters. The molecule has 0 aromatic heterocycles. The Labute approximate surface area is 89.2 Å². The maximum Gasteiger partial charge on any atom is 0.123 e. The van der Waals surface area contributed by atoms with Gasteiger partial charge in [0.25, 0.3) is 0 Å². The molecule has 1 aromatic rings. The smallest absolute Gasteiger partial charge is 0.123 e. The van der Waals surface area contributed by atoms with Gasteiger partial charge in [0.1, 0.15) is 11.5 Å². The molecule has 0 saturated carbocycles. The van der Waals surface area contributed by atoms with Crippen molar-refractivity contribution in [3.8, 4) is 11.5 Å². The molecule has 0 aliphatic rings. The summed E-state index contributed by atoms with van der Waals surface area (Å²) in [6.45, 7) is 2.64. The number of aromatic hydroxyl groups is 2. The highest BCUT2D eigenvalue weighted by Gasteiger charge is 2.04. The maximum absolute atomic E-state index is 9.48. The molecule has 84 valence electrons. The van der Waals surface area contributed by atoms with Crippen molar-refractivity contribution in [2.75, 3.05) is 6.61 Å². The van der Waals surface area contributed by atoms with Crippen LogP contribution in [0.25, 0.3) is 0 Å². The number of rotatable bonds is 5. The molecule has 0 aliphatic carbocycles. The van der Waals surface area contributed by atoms with E-state index < -0.39 is 0 Å². The van der Waals surface area contributed by atoms with Crippen LogP contribution in [0, 0.1) is 0 Å². The lowest BCUT2D eigenvalue weighted by Crippen LogP contribution is -2.26. The van der Waals surface area contributed by atoms with Crippen LogP contribution in [-0.2, 0) is 6.54 Å². The Morgan fingerprint density at radius 1 is 1.33 bits per heavy atom. The summed E-state index contributed by atoms with van der Waals surface area (Å²) < 4.78 is 0. The second-order valence-corrected chi connectivity index (χ2v) is 3.61. The van der Waals surface area contributed by atoms with E-state index in [4.69, 9.17) is 10.2 Å². The normalized spacial score (nSPS) is 12.7. The summed E-state index contributed by atoms with van der Waals surface area (Å²) in [6.07, 6.45) is 0.679. The predicted octanol–water partition coefficient (Wildman–Crippen LogP) is 0.958. The second-order valence-electron chi connectivity index (χ2n) is 3.61. The van der Waals surface area contributed by atoms with Crippen LogP contribution in [0.2, 0.25) is 0 Å². The van der Waals surface area contributed by atoms with Gasteiger partial charge >= 0.3 is 0 Å². The lowest BCUT2D eigenvalue weighted by atomic mass is 10.1. The molecule has 0 aliphatic heterocycles. The topological polar surface area (TPSA) is 72.7 Å². The molecule has 1 atom stereocenters. The minimum atomic E-state index is 0.0552. The fourth-order valence-corrected chi connectivity index (χ4v) is 1.28. The highest BCUT2D eigenvalue weighted by molar-refractivity contribution is 5.38. The number of hydrogen-bond acceptors (Lipinski definition) is 4. The average Bonchev–Trinajstić information content (AvgIpc) is 2.17. The molecule has 0 spiro atoms. The maximum atomic E-state index is 9.48. The van der Waals surface area contributed by atoms with Gasteiger partial charge in [0.2, 0.25) is 0 Å². The van der Waals surface area contributed by atoms with E-state index in [1.54, 1.807) is 6.07 Å². The fourth-order valence-electron chi connectivity index (χ4n) is 1.28. The third-order valence-electron chi connectivity index (χ3n) is 2.27. The van der Waals surface area contributed by atoms with E-state index in [-0.39, 0.29) is 24.1 Å². The average molecular weight is 211 g/mol. The number of aliphatic hydroxyl groups is 1. The van der Waals surface area contributed by atoms with Crippen molar-refractivity contribution < 1.29 is 15.3 Å². The van der Waals surface area contributed by atoms with Crippen LogP contribution in [0.4, 0.5) is 0 Å². The van der Waals surface area contributed by atoms with Crippen LogP contribution < -0.4 is 5.32 Å². The molecule has 4 nitrogen and oxygen atoms in total. The van der Waals surface area contributed by atoms with Gasteiger partial charge in [-0.15, -0.1) is 0 Å². The van der Waals surface area contributed by atoms with Gasteiger partial charge in [-0.25, -0.2) is 0 Å². The third-order valence-corrected chi connectivity index (χ3v) is 2.27. The Kier molecular flexibility index (Phi) is 4.39. The van der Waals surface area contributed by atoms with Crippen LogP contribution in [0.5, 0.6) is 11.5 Å². The Balaban J connectivity index is 2.50. The lowest BCUT2D eigenvalue weighted by Gasteiger charge is -2.13. The first kappa shape index (κ1) is 11.8. The van der Waals surface area contributed by atoms with E-state index in [0.29, 0.717) is 13.0 Å². The zero-order valence-corrected chi connectivity index (χ0v) is 8.77. The first-order chi connectivity index (χ1) is 7.13. The summed E-state index contributed by atoms with van der Waals surface area (Å²) in [5.41, 5.74) is 0.734. The van der Waals surface area contributed by atoms with Gasteiger partial charge < -0.3 is 20.6 Å². The predicted molar refractivity (Wildman–Crippen MR) is 57.8 cm³/mol. The van der Waals surface area contributed by atoms with E-state index in [2.05, 4.69) is 5.32 Å². The van der Waals surface area contributed by atoms with Gasteiger partial charge in [-0.3, -0.25) is 0 Å². The number of benzene rings is 1. The molecule has 1 rings (SSSR count). The zero-order chi connectivity index (χ0) is 11.3. The van der Waals surface area contributed by atoms with E-state index in [9.17, 15) is 5.11 Å². The summed E-state index contributed by atoms with van der Waals surface area (Å²) in [4.78, 5) is 0. The quantitative estimate of drug-likeness (QED) is 0.585. The Morgan fingerprint density at radius 2 is 2.07 bits per heavy atom. The minimum absolute atomic E-state index is 0.0552. The van der Waals surface area contributed by atoms with E-state index >= 15 is 0 Å². The molecule has 0 radical (unpaired) electrons. The lowest BCUT2D eigenvalue weighted by molar-refractivity contribution is 0.268. The molecule has 0 amide bonds. The highest BCUT2D eigenvalue weighted by atomic mass is 16.3. The molecule has 4 N–H and O–H groups in total. The molecule has 4 heteroatoms. The van der Waals surface area contributed by atoms with Crippen LogP contribution in [0.1, 0.15) is 18.9 Å². The van der Waals surface area contributed by atoms with E-state index in [1.807, 2.05) is 6.92 Å². The summed E-state index contributed by atoms with van der Waals surface area (Å²) in [5, 5.41) is 30.4. The van der Waals surface area contributed by atoms with Crippen molar-refractivity contribution in [2.45, 2.75) is 25.9 Å². The Morgan fingerprint density at radius 3 is 2.67 bits per heavy atom.